The first-order valence-electron chi connectivity index (χ1n) is 9.08. The van der Waals surface area contributed by atoms with Crippen LogP contribution in [0, 0.1) is 6.92 Å². The second-order valence-electron chi connectivity index (χ2n) is 7.24. The first kappa shape index (κ1) is 16.9. The third kappa shape index (κ3) is 3.03. The number of likely N-dealkylation sites (tertiary alicyclic amines) is 1. The zero-order valence-electron chi connectivity index (χ0n) is 15.3. The van der Waals surface area contributed by atoms with Gasteiger partial charge in [-0.15, -0.1) is 0 Å². The summed E-state index contributed by atoms with van der Waals surface area (Å²) >= 11 is 0. The third-order valence-corrected chi connectivity index (χ3v) is 4.92. The molecule has 0 saturated carbocycles. The van der Waals surface area contributed by atoms with Gasteiger partial charge in [0.05, 0.1) is 11.7 Å². The van der Waals surface area contributed by atoms with Gasteiger partial charge in [-0.3, -0.25) is 14.1 Å². The molecule has 1 aliphatic heterocycles. The smallest absolute Gasteiger partial charge is 0.258 e. The van der Waals surface area contributed by atoms with Crippen molar-refractivity contribution in [2.24, 2.45) is 0 Å². The lowest BCUT2D eigenvalue weighted by Crippen LogP contribution is -2.26. The van der Waals surface area contributed by atoms with E-state index in [1.165, 1.54) is 0 Å². The number of pyridine rings is 1. The van der Waals surface area contributed by atoms with E-state index in [2.05, 4.69) is 15.0 Å². The van der Waals surface area contributed by atoms with Gasteiger partial charge in [0.25, 0.3) is 5.56 Å². The molecule has 0 amide bonds. The number of hydrogen-bond acceptors (Lipinski definition) is 6. The minimum atomic E-state index is -0.0499. The van der Waals surface area contributed by atoms with Gasteiger partial charge in [-0.05, 0) is 37.9 Å². The topological polar surface area (TPSA) is 76.5 Å². The highest BCUT2D eigenvalue weighted by Crippen LogP contribution is 2.31. The van der Waals surface area contributed by atoms with Crippen LogP contribution in [0.3, 0.4) is 0 Å². The van der Waals surface area contributed by atoms with E-state index in [1.807, 2.05) is 32.9 Å². The predicted octanol–water partition coefficient (Wildman–Crippen LogP) is 2.85. The molecule has 1 aliphatic rings. The quantitative estimate of drug-likeness (QED) is 0.718. The monoisotopic (exact) mass is 353 g/mol. The Bertz CT molecular complexity index is 991. The Morgan fingerprint density at radius 3 is 2.96 bits per heavy atom. The van der Waals surface area contributed by atoms with Crippen molar-refractivity contribution in [3.8, 4) is 0 Å². The van der Waals surface area contributed by atoms with E-state index in [1.54, 1.807) is 16.7 Å². The molecule has 1 saturated heterocycles. The average molecular weight is 353 g/mol. The standard InChI is InChI=1S/C19H23N5O2/c1-12(2)19-21-17(22-26-19)15-7-5-8-23(15)11-14-10-16(25)24-9-4-6-13(3)18(24)20-14/h4,6,9-10,12,15H,5,7-8,11H2,1-3H3/t15-/m0/s1. The van der Waals surface area contributed by atoms with E-state index in [4.69, 9.17) is 9.51 Å². The lowest BCUT2D eigenvalue weighted by molar-refractivity contribution is 0.231. The third-order valence-electron chi connectivity index (χ3n) is 4.92. The fourth-order valence-electron chi connectivity index (χ4n) is 3.52. The number of rotatable bonds is 4. The summed E-state index contributed by atoms with van der Waals surface area (Å²) in [7, 11) is 0. The molecule has 0 bridgehead atoms. The second kappa shape index (κ2) is 6.64. The molecule has 0 aromatic carbocycles. The highest BCUT2D eigenvalue weighted by atomic mass is 16.5. The molecule has 0 N–H and O–H groups in total. The molecule has 1 atom stereocenters. The Labute approximate surface area is 151 Å². The predicted molar refractivity (Wildman–Crippen MR) is 97.0 cm³/mol. The summed E-state index contributed by atoms with van der Waals surface area (Å²) in [6.07, 6.45) is 3.82. The van der Waals surface area contributed by atoms with Gasteiger partial charge in [0.15, 0.2) is 5.82 Å². The maximum atomic E-state index is 12.4. The Kier molecular flexibility index (Phi) is 4.32. The number of nitrogens with zero attached hydrogens (tertiary/aromatic N) is 5. The Morgan fingerprint density at radius 2 is 2.19 bits per heavy atom. The van der Waals surface area contributed by atoms with Crippen LogP contribution in [-0.4, -0.2) is 31.0 Å². The van der Waals surface area contributed by atoms with Gasteiger partial charge in [0, 0.05) is 24.7 Å². The van der Waals surface area contributed by atoms with Crippen molar-refractivity contribution in [3.05, 3.63) is 57.7 Å². The summed E-state index contributed by atoms with van der Waals surface area (Å²) in [6, 6.07) is 5.57. The van der Waals surface area contributed by atoms with Gasteiger partial charge in [-0.1, -0.05) is 25.1 Å². The first-order valence-corrected chi connectivity index (χ1v) is 9.08. The summed E-state index contributed by atoms with van der Waals surface area (Å²) in [5, 5.41) is 4.18. The van der Waals surface area contributed by atoms with Crippen LogP contribution in [0.25, 0.3) is 5.65 Å². The fourth-order valence-corrected chi connectivity index (χ4v) is 3.52. The number of fused-ring (bicyclic) bond motifs is 1. The highest BCUT2D eigenvalue weighted by Gasteiger charge is 2.30. The molecule has 26 heavy (non-hydrogen) atoms. The maximum absolute atomic E-state index is 12.4. The van der Waals surface area contributed by atoms with E-state index in [-0.39, 0.29) is 17.5 Å². The molecule has 0 spiro atoms. The van der Waals surface area contributed by atoms with E-state index < -0.39 is 0 Å². The highest BCUT2D eigenvalue weighted by molar-refractivity contribution is 5.46. The Balaban J connectivity index is 1.62. The fraction of sp³-hybridized carbons (Fsp3) is 0.474. The van der Waals surface area contributed by atoms with Crippen molar-refractivity contribution in [3.63, 3.8) is 0 Å². The normalized spacial score (nSPS) is 18.2. The molecule has 1 fully saturated rings. The zero-order valence-corrected chi connectivity index (χ0v) is 15.3. The van der Waals surface area contributed by atoms with Crippen LogP contribution in [0.4, 0.5) is 0 Å². The van der Waals surface area contributed by atoms with Crippen LogP contribution < -0.4 is 5.56 Å². The Morgan fingerprint density at radius 1 is 1.35 bits per heavy atom. The maximum Gasteiger partial charge on any atom is 0.258 e. The SMILES string of the molecule is Cc1cccn2c(=O)cc(CN3CCC[C@H]3c3noc(C(C)C)n3)nc12. The lowest BCUT2D eigenvalue weighted by Gasteiger charge is -2.21. The van der Waals surface area contributed by atoms with E-state index in [9.17, 15) is 4.79 Å². The average Bonchev–Trinajstić information content (AvgIpc) is 3.25. The van der Waals surface area contributed by atoms with Crippen molar-refractivity contribution >= 4 is 5.65 Å². The van der Waals surface area contributed by atoms with Crippen LogP contribution in [0.5, 0.6) is 0 Å². The van der Waals surface area contributed by atoms with Crippen LogP contribution in [0.15, 0.2) is 33.7 Å². The van der Waals surface area contributed by atoms with Crippen LogP contribution in [0.2, 0.25) is 0 Å². The molecule has 136 valence electrons. The van der Waals surface area contributed by atoms with Crippen molar-refractivity contribution in [2.75, 3.05) is 6.54 Å². The summed E-state index contributed by atoms with van der Waals surface area (Å²) in [6.45, 7) is 7.59. The van der Waals surface area contributed by atoms with Crippen LogP contribution in [0.1, 0.15) is 61.6 Å². The molecule has 7 heteroatoms. The minimum Gasteiger partial charge on any atom is -0.339 e. The van der Waals surface area contributed by atoms with Crippen LogP contribution in [-0.2, 0) is 6.54 Å². The van der Waals surface area contributed by atoms with E-state index >= 15 is 0 Å². The molecule has 0 aliphatic carbocycles. The molecule has 3 aromatic heterocycles. The summed E-state index contributed by atoms with van der Waals surface area (Å²) in [5.41, 5.74) is 2.44. The minimum absolute atomic E-state index is 0.0499. The molecular formula is C19H23N5O2. The molecule has 7 nitrogen and oxygen atoms in total. The van der Waals surface area contributed by atoms with E-state index in [0.29, 0.717) is 18.1 Å². The van der Waals surface area contributed by atoms with E-state index in [0.717, 1.165) is 36.5 Å². The van der Waals surface area contributed by atoms with Crippen molar-refractivity contribution in [1.29, 1.82) is 0 Å². The van der Waals surface area contributed by atoms with Gasteiger partial charge in [0.1, 0.15) is 5.65 Å². The summed E-state index contributed by atoms with van der Waals surface area (Å²) in [4.78, 5) is 24.0. The van der Waals surface area contributed by atoms with Gasteiger partial charge < -0.3 is 4.52 Å². The molecule has 4 rings (SSSR count). The molecule has 0 radical (unpaired) electrons. The largest absolute Gasteiger partial charge is 0.339 e. The van der Waals surface area contributed by atoms with Gasteiger partial charge in [0.2, 0.25) is 5.89 Å². The zero-order chi connectivity index (χ0) is 18.3. The van der Waals surface area contributed by atoms with Gasteiger partial charge in [-0.25, -0.2) is 4.98 Å². The second-order valence-corrected chi connectivity index (χ2v) is 7.24. The Hall–Kier alpha value is -2.54. The summed E-state index contributed by atoms with van der Waals surface area (Å²) in [5.74, 6) is 1.63. The van der Waals surface area contributed by atoms with Crippen molar-refractivity contribution < 1.29 is 4.52 Å². The molecular weight excluding hydrogens is 330 g/mol. The molecule has 0 unspecified atom stereocenters. The van der Waals surface area contributed by atoms with Crippen molar-refractivity contribution in [2.45, 2.75) is 52.1 Å². The van der Waals surface area contributed by atoms with Gasteiger partial charge >= 0.3 is 0 Å². The molecule has 4 heterocycles. The number of aromatic nitrogens is 4. The van der Waals surface area contributed by atoms with Crippen LogP contribution >= 0.6 is 0 Å². The van der Waals surface area contributed by atoms with Crippen molar-refractivity contribution in [1.82, 2.24) is 24.4 Å². The van der Waals surface area contributed by atoms with Gasteiger partial charge in [-0.2, -0.15) is 4.98 Å². The number of aryl methyl sites for hydroxylation is 1. The summed E-state index contributed by atoms with van der Waals surface area (Å²) < 4.78 is 6.96. The molecule has 3 aromatic rings. The lowest BCUT2D eigenvalue weighted by atomic mass is 10.2. The number of hydrogen-bond donors (Lipinski definition) is 0. The first-order chi connectivity index (χ1) is 12.5.